The van der Waals surface area contributed by atoms with E-state index in [1.807, 2.05) is 0 Å². The summed E-state index contributed by atoms with van der Waals surface area (Å²) in [6.45, 7) is -0.245. The van der Waals surface area contributed by atoms with E-state index in [2.05, 4.69) is 16.0 Å². The van der Waals surface area contributed by atoms with Crippen molar-refractivity contribution < 1.29 is 39.0 Å². The van der Waals surface area contributed by atoms with Gasteiger partial charge in [-0.1, -0.05) is 0 Å². The highest BCUT2D eigenvalue weighted by atomic mass is 16.4. The largest absolute Gasteiger partial charge is 0.481 e. The lowest BCUT2D eigenvalue weighted by molar-refractivity contribution is -0.143. The van der Waals surface area contributed by atoms with Gasteiger partial charge in [0.1, 0.15) is 12.1 Å². The second kappa shape index (κ2) is 14.7. The second-order valence-electron chi connectivity index (χ2n) is 6.73. The van der Waals surface area contributed by atoms with E-state index in [1.165, 1.54) is 0 Å². The van der Waals surface area contributed by atoms with Gasteiger partial charge < -0.3 is 43.4 Å². The minimum atomic E-state index is -1.44. The first-order valence-corrected chi connectivity index (χ1v) is 9.53. The van der Waals surface area contributed by atoms with Gasteiger partial charge in [-0.05, 0) is 32.2 Å². The van der Waals surface area contributed by atoms with Crippen molar-refractivity contribution in [1.82, 2.24) is 16.0 Å². The number of unbranched alkanes of at least 4 members (excludes halogenated alkanes) is 1. The molecule has 31 heavy (non-hydrogen) atoms. The first-order chi connectivity index (χ1) is 14.5. The maximum Gasteiger partial charge on any atom is 0.326 e. The van der Waals surface area contributed by atoms with Crippen molar-refractivity contribution in [3.8, 4) is 0 Å². The summed E-state index contributed by atoms with van der Waals surface area (Å²) in [6, 6.07) is -3.77. The van der Waals surface area contributed by atoms with Crippen molar-refractivity contribution in [3.05, 3.63) is 0 Å². The Balaban J connectivity index is 4.86. The number of carbonyl (C=O) groups is 6. The number of carbonyl (C=O) groups excluding carboxylic acids is 4. The molecule has 11 N–H and O–H groups in total. The van der Waals surface area contributed by atoms with E-state index < -0.39 is 73.1 Å². The number of hydrogen-bond donors (Lipinski definition) is 8. The number of nitrogens with two attached hydrogens (primary N) is 3. The number of carboxylic acids is 2. The van der Waals surface area contributed by atoms with Crippen molar-refractivity contribution in [2.45, 2.75) is 56.7 Å². The molecule has 0 aromatic heterocycles. The fourth-order valence-corrected chi connectivity index (χ4v) is 2.41. The maximum atomic E-state index is 12.4. The number of aliphatic carboxylic acids is 2. The molecule has 0 saturated carbocycles. The third-order valence-electron chi connectivity index (χ3n) is 4.04. The van der Waals surface area contributed by atoms with Crippen molar-refractivity contribution in [3.63, 3.8) is 0 Å². The molecule has 0 radical (unpaired) electrons. The van der Waals surface area contributed by atoms with Gasteiger partial charge in [0, 0.05) is 6.42 Å². The highest BCUT2D eigenvalue weighted by Crippen LogP contribution is 2.02. The van der Waals surface area contributed by atoms with Gasteiger partial charge in [-0.3, -0.25) is 24.0 Å². The predicted octanol–water partition coefficient (Wildman–Crippen LogP) is -3.65. The normalized spacial score (nSPS) is 13.4. The second-order valence-corrected chi connectivity index (χ2v) is 6.73. The SMILES string of the molecule is NCCCCC(NC(=O)C(N)CC(N)=O)C(=O)NCC(=O)NC(CCC(=O)O)C(=O)O. The summed E-state index contributed by atoms with van der Waals surface area (Å²) < 4.78 is 0. The summed E-state index contributed by atoms with van der Waals surface area (Å²) >= 11 is 0. The minimum Gasteiger partial charge on any atom is -0.481 e. The van der Waals surface area contributed by atoms with E-state index in [-0.39, 0.29) is 12.8 Å². The van der Waals surface area contributed by atoms with Crippen LogP contribution in [0.2, 0.25) is 0 Å². The molecule has 0 bridgehead atoms. The number of amides is 4. The van der Waals surface area contributed by atoms with Gasteiger partial charge in [0.05, 0.1) is 19.0 Å². The van der Waals surface area contributed by atoms with Crippen LogP contribution >= 0.6 is 0 Å². The Kier molecular flexibility index (Phi) is 13.1. The molecule has 0 fully saturated rings. The van der Waals surface area contributed by atoms with Crippen molar-refractivity contribution >= 4 is 35.6 Å². The molecule has 14 heteroatoms. The number of primary amides is 1. The number of rotatable bonds is 16. The third kappa shape index (κ3) is 12.8. The van der Waals surface area contributed by atoms with Crippen molar-refractivity contribution in [2.24, 2.45) is 17.2 Å². The van der Waals surface area contributed by atoms with Gasteiger partial charge in [-0.2, -0.15) is 0 Å². The molecule has 3 atom stereocenters. The van der Waals surface area contributed by atoms with E-state index in [0.29, 0.717) is 19.4 Å². The van der Waals surface area contributed by atoms with E-state index in [4.69, 9.17) is 27.4 Å². The van der Waals surface area contributed by atoms with E-state index in [0.717, 1.165) is 0 Å². The zero-order chi connectivity index (χ0) is 24.0. The molecule has 0 aromatic rings. The maximum absolute atomic E-state index is 12.4. The smallest absolute Gasteiger partial charge is 0.326 e. The molecule has 0 spiro atoms. The first-order valence-electron chi connectivity index (χ1n) is 9.53. The molecule has 176 valence electrons. The first kappa shape index (κ1) is 27.7. The Hall–Kier alpha value is -3.26. The van der Waals surface area contributed by atoms with Gasteiger partial charge in [-0.15, -0.1) is 0 Å². The Bertz CT molecular complexity index is 671. The average Bonchev–Trinajstić information content (AvgIpc) is 2.67. The topological polar surface area (TPSA) is 257 Å². The van der Waals surface area contributed by atoms with Gasteiger partial charge in [0.25, 0.3) is 0 Å². The molecule has 4 amide bonds. The van der Waals surface area contributed by atoms with Crippen LogP contribution in [0.5, 0.6) is 0 Å². The molecule has 0 heterocycles. The lowest BCUT2D eigenvalue weighted by Gasteiger charge is -2.20. The summed E-state index contributed by atoms with van der Waals surface area (Å²) in [4.78, 5) is 69.0. The van der Waals surface area contributed by atoms with Crippen molar-refractivity contribution in [2.75, 3.05) is 13.1 Å². The van der Waals surface area contributed by atoms with Crippen LogP contribution in [-0.4, -0.2) is 77.0 Å². The van der Waals surface area contributed by atoms with E-state index in [1.54, 1.807) is 0 Å². The Morgan fingerprint density at radius 2 is 1.52 bits per heavy atom. The lowest BCUT2D eigenvalue weighted by atomic mass is 10.1. The van der Waals surface area contributed by atoms with Crippen LogP contribution in [0.3, 0.4) is 0 Å². The van der Waals surface area contributed by atoms with Gasteiger partial charge in [0.2, 0.25) is 23.6 Å². The molecule has 0 aliphatic heterocycles. The van der Waals surface area contributed by atoms with Crippen LogP contribution < -0.4 is 33.2 Å². The number of carboxylic acid groups (broad SMARTS) is 2. The Morgan fingerprint density at radius 3 is 2.03 bits per heavy atom. The van der Waals surface area contributed by atoms with Crippen LogP contribution in [0.1, 0.15) is 38.5 Å². The van der Waals surface area contributed by atoms with Crippen LogP contribution in [-0.2, 0) is 28.8 Å². The summed E-state index contributed by atoms with van der Waals surface area (Å²) in [6.07, 6.45) is -0.00161. The van der Waals surface area contributed by atoms with Crippen LogP contribution in [0, 0.1) is 0 Å². The molecule has 0 aliphatic carbocycles. The van der Waals surface area contributed by atoms with Crippen LogP contribution in [0.4, 0.5) is 0 Å². The molecule has 0 aromatic carbocycles. The average molecular weight is 446 g/mol. The molecule has 0 aliphatic rings. The predicted molar refractivity (Wildman–Crippen MR) is 106 cm³/mol. The molecule has 0 rings (SSSR count). The van der Waals surface area contributed by atoms with Crippen LogP contribution in [0.15, 0.2) is 0 Å². The number of nitrogens with one attached hydrogen (secondary N) is 3. The van der Waals surface area contributed by atoms with Gasteiger partial charge >= 0.3 is 11.9 Å². The van der Waals surface area contributed by atoms with E-state index in [9.17, 15) is 28.8 Å². The minimum absolute atomic E-state index is 0.177. The fourth-order valence-electron chi connectivity index (χ4n) is 2.41. The summed E-state index contributed by atoms with van der Waals surface area (Å²) in [5, 5.41) is 24.4. The Morgan fingerprint density at radius 1 is 0.871 bits per heavy atom. The zero-order valence-corrected chi connectivity index (χ0v) is 17.0. The molecular formula is C17H30N6O8. The molecule has 0 saturated heterocycles. The fraction of sp³-hybridized carbons (Fsp3) is 0.647. The molecule has 3 unspecified atom stereocenters. The van der Waals surface area contributed by atoms with Gasteiger partial charge in [0.15, 0.2) is 0 Å². The molecule has 14 nitrogen and oxygen atoms in total. The van der Waals surface area contributed by atoms with Crippen molar-refractivity contribution in [1.29, 1.82) is 0 Å². The highest BCUT2D eigenvalue weighted by Gasteiger charge is 2.25. The lowest BCUT2D eigenvalue weighted by Crippen LogP contribution is -2.54. The highest BCUT2D eigenvalue weighted by molar-refractivity contribution is 5.93. The third-order valence-corrected chi connectivity index (χ3v) is 4.04. The van der Waals surface area contributed by atoms with Gasteiger partial charge in [-0.25, -0.2) is 4.79 Å². The number of hydrogen-bond acceptors (Lipinski definition) is 8. The summed E-state index contributed by atoms with van der Waals surface area (Å²) in [5.41, 5.74) is 16.0. The van der Waals surface area contributed by atoms with E-state index >= 15 is 0 Å². The molecular weight excluding hydrogens is 416 g/mol. The monoisotopic (exact) mass is 446 g/mol. The van der Waals surface area contributed by atoms with Crippen LogP contribution in [0.25, 0.3) is 0 Å². The standard InChI is InChI=1S/C17H30N6O8/c18-6-2-1-3-10(23-15(28)9(19)7-12(20)24)16(29)21-8-13(25)22-11(17(30)31)4-5-14(26)27/h9-11H,1-8,18-19H2,(H2,20,24)(H,21,29)(H,22,25)(H,23,28)(H,26,27)(H,30,31). The Labute approximate surface area is 178 Å². The zero-order valence-electron chi connectivity index (χ0n) is 17.0. The quantitative estimate of drug-likeness (QED) is 0.108. The summed E-state index contributed by atoms with van der Waals surface area (Å²) in [5.74, 6) is -5.81. The summed E-state index contributed by atoms with van der Waals surface area (Å²) in [7, 11) is 0.